The van der Waals surface area contributed by atoms with Gasteiger partial charge in [0.05, 0.1) is 6.33 Å². The van der Waals surface area contributed by atoms with Gasteiger partial charge in [-0.25, -0.2) is 9.78 Å². The molecular formula is C20H27N5O4. The number of aromatic nitrogens is 4. The van der Waals surface area contributed by atoms with E-state index in [9.17, 15) is 14.7 Å². The van der Waals surface area contributed by atoms with E-state index in [1.54, 1.807) is 17.9 Å². The van der Waals surface area contributed by atoms with Crippen LogP contribution in [0.4, 0.5) is 0 Å². The van der Waals surface area contributed by atoms with Gasteiger partial charge in [0.1, 0.15) is 18.5 Å². The van der Waals surface area contributed by atoms with Crippen LogP contribution in [0.3, 0.4) is 0 Å². The summed E-state index contributed by atoms with van der Waals surface area (Å²) < 4.78 is 9.86. The van der Waals surface area contributed by atoms with Crippen LogP contribution in [0.5, 0.6) is 5.75 Å². The van der Waals surface area contributed by atoms with Gasteiger partial charge in [0.15, 0.2) is 11.2 Å². The summed E-state index contributed by atoms with van der Waals surface area (Å²) in [5, 5.41) is 13.3. The fraction of sp³-hybridized carbons (Fsp3) is 0.450. The molecule has 0 amide bonds. The molecule has 2 N–H and O–H groups in total. The SMILES string of the molecule is Cc1ccccc1OCC(O)CNCCCn1cnc2c1c(=O)n(C)c(=O)n2C. The van der Waals surface area contributed by atoms with Crippen LogP contribution in [-0.4, -0.2) is 49.6 Å². The summed E-state index contributed by atoms with van der Waals surface area (Å²) >= 11 is 0. The summed E-state index contributed by atoms with van der Waals surface area (Å²) in [6.45, 7) is 3.83. The number of hydrogen-bond donors (Lipinski definition) is 2. The molecule has 0 saturated carbocycles. The van der Waals surface area contributed by atoms with Gasteiger partial charge in [0, 0.05) is 27.2 Å². The number of para-hydroxylation sites is 1. The third-order valence-corrected chi connectivity index (χ3v) is 4.87. The minimum Gasteiger partial charge on any atom is -0.491 e. The Kier molecular flexibility index (Phi) is 6.50. The molecule has 9 heteroatoms. The lowest BCUT2D eigenvalue weighted by Gasteiger charge is -2.14. The molecule has 0 radical (unpaired) electrons. The Morgan fingerprint density at radius 3 is 2.72 bits per heavy atom. The molecule has 3 aromatic rings. The van der Waals surface area contributed by atoms with Gasteiger partial charge < -0.3 is 19.7 Å². The van der Waals surface area contributed by atoms with Crippen molar-refractivity contribution < 1.29 is 9.84 Å². The lowest BCUT2D eigenvalue weighted by molar-refractivity contribution is 0.106. The van der Waals surface area contributed by atoms with Crippen molar-refractivity contribution in [2.75, 3.05) is 19.7 Å². The van der Waals surface area contributed by atoms with Crippen molar-refractivity contribution in [2.45, 2.75) is 26.0 Å². The summed E-state index contributed by atoms with van der Waals surface area (Å²) in [5.74, 6) is 0.773. The van der Waals surface area contributed by atoms with Crippen LogP contribution < -0.4 is 21.3 Å². The first-order chi connectivity index (χ1) is 13.9. The van der Waals surface area contributed by atoms with Crippen molar-refractivity contribution in [3.63, 3.8) is 0 Å². The normalized spacial score (nSPS) is 12.4. The number of imidazole rings is 1. The molecule has 0 bridgehead atoms. The molecule has 1 aromatic carbocycles. The zero-order valence-corrected chi connectivity index (χ0v) is 17.0. The van der Waals surface area contributed by atoms with Crippen LogP contribution in [0.1, 0.15) is 12.0 Å². The number of nitrogens with one attached hydrogen (secondary N) is 1. The molecule has 0 saturated heterocycles. The molecule has 2 aromatic heterocycles. The number of hydrogen-bond acceptors (Lipinski definition) is 6. The highest BCUT2D eigenvalue weighted by molar-refractivity contribution is 5.69. The summed E-state index contributed by atoms with van der Waals surface area (Å²) in [6, 6.07) is 7.69. The van der Waals surface area contributed by atoms with E-state index in [0.29, 0.717) is 30.8 Å². The van der Waals surface area contributed by atoms with Crippen molar-refractivity contribution >= 4 is 11.2 Å². The highest BCUT2D eigenvalue weighted by Crippen LogP contribution is 2.16. The first kappa shape index (κ1) is 20.8. The van der Waals surface area contributed by atoms with E-state index in [1.807, 2.05) is 31.2 Å². The van der Waals surface area contributed by atoms with Crippen LogP contribution in [-0.2, 0) is 20.6 Å². The quantitative estimate of drug-likeness (QED) is 0.495. The molecule has 29 heavy (non-hydrogen) atoms. The maximum atomic E-state index is 12.4. The molecule has 2 heterocycles. The number of fused-ring (bicyclic) bond motifs is 1. The minimum atomic E-state index is -0.620. The molecule has 1 unspecified atom stereocenters. The Balaban J connectivity index is 1.47. The van der Waals surface area contributed by atoms with Gasteiger partial charge in [-0.1, -0.05) is 18.2 Å². The molecule has 3 rings (SSSR count). The molecular weight excluding hydrogens is 374 g/mol. The van der Waals surface area contributed by atoms with Crippen LogP contribution in [0.25, 0.3) is 11.2 Å². The average molecular weight is 401 g/mol. The molecule has 1 atom stereocenters. The van der Waals surface area contributed by atoms with Crippen LogP contribution in [0.2, 0.25) is 0 Å². The van der Waals surface area contributed by atoms with E-state index in [4.69, 9.17) is 4.74 Å². The van der Waals surface area contributed by atoms with E-state index in [-0.39, 0.29) is 12.2 Å². The van der Waals surface area contributed by atoms with E-state index in [2.05, 4.69) is 10.3 Å². The van der Waals surface area contributed by atoms with Crippen molar-refractivity contribution in [1.29, 1.82) is 0 Å². The third kappa shape index (κ3) is 4.57. The van der Waals surface area contributed by atoms with Crippen LogP contribution >= 0.6 is 0 Å². The maximum absolute atomic E-state index is 12.4. The van der Waals surface area contributed by atoms with Crippen molar-refractivity contribution in [3.05, 3.63) is 57.0 Å². The molecule has 156 valence electrons. The lowest BCUT2D eigenvalue weighted by atomic mass is 10.2. The first-order valence-corrected chi connectivity index (χ1v) is 9.58. The number of aryl methyl sites for hydroxylation is 3. The largest absolute Gasteiger partial charge is 0.491 e. The highest BCUT2D eigenvalue weighted by atomic mass is 16.5. The fourth-order valence-electron chi connectivity index (χ4n) is 3.17. The average Bonchev–Trinajstić information content (AvgIpc) is 3.14. The monoisotopic (exact) mass is 401 g/mol. The summed E-state index contributed by atoms with van der Waals surface area (Å²) in [7, 11) is 3.06. The van der Waals surface area contributed by atoms with E-state index in [0.717, 1.165) is 22.3 Å². The molecule has 9 nitrogen and oxygen atoms in total. The molecule has 0 aliphatic rings. The van der Waals surface area contributed by atoms with Gasteiger partial charge in [-0.15, -0.1) is 0 Å². The Morgan fingerprint density at radius 1 is 1.21 bits per heavy atom. The third-order valence-electron chi connectivity index (χ3n) is 4.87. The van der Waals surface area contributed by atoms with Gasteiger partial charge in [-0.3, -0.25) is 13.9 Å². The standard InChI is InChI=1S/C20H27N5O4/c1-14-7-4-5-8-16(14)29-12-15(26)11-21-9-6-10-25-13-22-18-17(25)19(27)24(3)20(28)23(18)2/h4-5,7-8,13,15,21,26H,6,9-12H2,1-3H3. The Morgan fingerprint density at radius 2 is 1.97 bits per heavy atom. The second-order valence-electron chi connectivity index (χ2n) is 7.10. The summed E-state index contributed by atoms with van der Waals surface area (Å²) in [6.07, 6.45) is 1.70. The van der Waals surface area contributed by atoms with E-state index in [1.165, 1.54) is 11.6 Å². The summed E-state index contributed by atoms with van der Waals surface area (Å²) in [4.78, 5) is 28.6. The predicted octanol–water partition coefficient (Wildman–Crippen LogP) is 0.162. The fourth-order valence-corrected chi connectivity index (χ4v) is 3.17. The van der Waals surface area contributed by atoms with Gasteiger partial charge >= 0.3 is 5.69 Å². The van der Waals surface area contributed by atoms with Gasteiger partial charge in [-0.05, 0) is 31.5 Å². The van der Waals surface area contributed by atoms with Crippen LogP contribution in [0, 0.1) is 6.92 Å². The molecule has 0 aliphatic heterocycles. The zero-order valence-electron chi connectivity index (χ0n) is 17.0. The van der Waals surface area contributed by atoms with Crippen molar-refractivity contribution in [1.82, 2.24) is 24.0 Å². The second-order valence-corrected chi connectivity index (χ2v) is 7.10. The highest BCUT2D eigenvalue weighted by Gasteiger charge is 2.14. The van der Waals surface area contributed by atoms with Gasteiger partial charge in [0.25, 0.3) is 5.56 Å². The topological polar surface area (TPSA) is 103 Å². The Labute approximate surface area is 168 Å². The van der Waals surface area contributed by atoms with E-state index >= 15 is 0 Å². The maximum Gasteiger partial charge on any atom is 0.332 e. The number of ether oxygens (including phenoxy) is 1. The molecule has 0 aliphatic carbocycles. The Bertz CT molecular complexity index is 1100. The predicted molar refractivity (Wildman–Crippen MR) is 110 cm³/mol. The number of benzene rings is 1. The number of rotatable bonds is 9. The van der Waals surface area contributed by atoms with Gasteiger partial charge in [-0.2, -0.15) is 0 Å². The van der Waals surface area contributed by atoms with Crippen molar-refractivity contribution in [3.8, 4) is 5.75 Å². The Hall–Kier alpha value is -2.91. The first-order valence-electron chi connectivity index (χ1n) is 9.58. The smallest absolute Gasteiger partial charge is 0.332 e. The van der Waals surface area contributed by atoms with E-state index < -0.39 is 11.8 Å². The van der Waals surface area contributed by atoms with Crippen molar-refractivity contribution in [2.24, 2.45) is 14.1 Å². The second kappa shape index (κ2) is 9.06. The zero-order chi connectivity index (χ0) is 21.0. The summed E-state index contributed by atoms with van der Waals surface area (Å²) in [5.41, 5.74) is 1.09. The number of aliphatic hydroxyl groups is 1. The minimum absolute atomic E-state index is 0.216. The molecule has 0 fully saturated rings. The van der Waals surface area contributed by atoms with Crippen LogP contribution in [0.15, 0.2) is 40.2 Å². The van der Waals surface area contributed by atoms with Gasteiger partial charge in [0.2, 0.25) is 0 Å². The molecule has 0 spiro atoms. The number of nitrogens with zero attached hydrogens (tertiary/aromatic N) is 4. The number of aliphatic hydroxyl groups excluding tert-OH is 1. The lowest BCUT2D eigenvalue weighted by Crippen LogP contribution is -2.37.